The molecule has 3 aromatic rings. The first-order valence-electron chi connectivity index (χ1n) is 7.39. The monoisotopic (exact) mass is 345 g/mol. The number of nitrogens with zero attached hydrogens (tertiary/aromatic N) is 2. The molecule has 0 aliphatic carbocycles. The Labute approximate surface area is 142 Å². The van der Waals surface area contributed by atoms with E-state index in [2.05, 4.69) is 4.98 Å². The highest BCUT2D eigenvalue weighted by molar-refractivity contribution is 7.99. The highest BCUT2D eigenvalue weighted by atomic mass is 32.2. The maximum absolute atomic E-state index is 13.6. The van der Waals surface area contributed by atoms with E-state index in [-0.39, 0.29) is 18.1 Å². The molecule has 0 bridgehead atoms. The van der Waals surface area contributed by atoms with Gasteiger partial charge in [0.05, 0.1) is 23.3 Å². The first kappa shape index (κ1) is 16.3. The standard InChI is InChI=1S/C17H16FN3O2S/c18-12-5-1-4-8-15(12)23-10-9-21-14-7-3-2-6-13(14)20-17(21)24-11-16(19)22/h1-8H,9-11H2,(H2,19,22). The van der Waals surface area contributed by atoms with Crippen LogP contribution in [0.25, 0.3) is 11.0 Å². The van der Waals surface area contributed by atoms with Crippen molar-refractivity contribution in [2.24, 2.45) is 5.73 Å². The molecule has 0 unspecified atom stereocenters. The van der Waals surface area contributed by atoms with E-state index in [1.54, 1.807) is 18.2 Å². The number of halogens is 1. The molecule has 3 rings (SSSR count). The van der Waals surface area contributed by atoms with Crippen LogP contribution < -0.4 is 10.5 Å². The predicted octanol–water partition coefficient (Wildman–Crippen LogP) is 2.83. The molecule has 0 atom stereocenters. The number of benzene rings is 2. The number of rotatable bonds is 7. The second kappa shape index (κ2) is 7.35. The highest BCUT2D eigenvalue weighted by Crippen LogP contribution is 2.24. The summed E-state index contributed by atoms with van der Waals surface area (Å²) in [6, 6.07) is 13.9. The van der Waals surface area contributed by atoms with E-state index >= 15 is 0 Å². The lowest BCUT2D eigenvalue weighted by molar-refractivity contribution is -0.115. The topological polar surface area (TPSA) is 70.1 Å². The van der Waals surface area contributed by atoms with Crippen molar-refractivity contribution in [2.45, 2.75) is 11.7 Å². The quantitative estimate of drug-likeness (QED) is 0.669. The lowest BCUT2D eigenvalue weighted by Crippen LogP contribution is -2.14. The SMILES string of the molecule is NC(=O)CSc1nc2ccccc2n1CCOc1ccccc1F. The van der Waals surface area contributed by atoms with Crippen molar-refractivity contribution in [3.63, 3.8) is 0 Å². The second-order valence-electron chi connectivity index (χ2n) is 5.07. The van der Waals surface area contributed by atoms with Crippen molar-refractivity contribution in [3.05, 3.63) is 54.3 Å². The van der Waals surface area contributed by atoms with Gasteiger partial charge in [0.1, 0.15) is 6.61 Å². The molecule has 0 fully saturated rings. The lowest BCUT2D eigenvalue weighted by Gasteiger charge is -2.10. The number of para-hydroxylation sites is 3. The first-order chi connectivity index (χ1) is 11.6. The molecule has 7 heteroatoms. The zero-order valence-electron chi connectivity index (χ0n) is 12.8. The van der Waals surface area contributed by atoms with E-state index < -0.39 is 11.7 Å². The number of carbonyl (C=O) groups is 1. The third kappa shape index (κ3) is 3.68. The van der Waals surface area contributed by atoms with E-state index in [9.17, 15) is 9.18 Å². The number of thioether (sulfide) groups is 1. The third-order valence-corrected chi connectivity index (χ3v) is 4.37. The van der Waals surface area contributed by atoms with Crippen molar-refractivity contribution in [1.29, 1.82) is 0 Å². The molecule has 2 aromatic carbocycles. The van der Waals surface area contributed by atoms with Crippen LogP contribution in [-0.4, -0.2) is 27.8 Å². The number of nitrogens with two attached hydrogens (primary N) is 1. The normalized spacial score (nSPS) is 10.9. The molecular formula is C17H16FN3O2S. The minimum Gasteiger partial charge on any atom is -0.489 e. The number of ether oxygens (including phenoxy) is 1. The molecule has 5 nitrogen and oxygen atoms in total. The minimum atomic E-state index is -0.402. The van der Waals surface area contributed by atoms with Gasteiger partial charge in [0.2, 0.25) is 5.91 Å². The number of primary amides is 1. The molecule has 24 heavy (non-hydrogen) atoms. The van der Waals surface area contributed by atoms with E-state index in [1.165, 1.54) is 17.8 Å². The van der Waals surface area contributed by atoms with Gasteiger partial charge in [0, 0.05) is 0 Å². The highest BCUT2D eigenvalue weighted by Gasteiger charge is 2.12. The maximum Gasteiger partial charge on any atom is 0.227 e. The molecule has 0 saturated heterocycles. The molecule has 0 radical (unpaired) electrons. The minimum absolute atomic E-state index is 0.150. The fourth-order valence-electron chi connectivity index (χ4n) is 2.32. The Morgan fingerprint density at radius 2 is 1.96 bits per heavy atom. The van der Waals surface area contributed by atoms with Gasteiger partial charge in [-0.15, -0.1) is 0 Å². The number of carbonyl (C=O) groups excluding carboxylic acids is 1. The fourth-order valence-corrected chi connectivity index (χ4v) is 3.10. The zero-order chi connectivity index (χ0) is 16.9. The van der Waals surface area contributed by atoms with Crippen LogP contribution in [0.2, 0.25) is 0 Å². The summed E-state index contributed by atoms with van der Waals surface area (Å²) in [6.07, 6.45) is 0. The number of amides is 1. The number of hydrogen-bond acceptors (Lipinski definition) is 4. The Morgan fingerprint density at radius 3 is 2.75 bits per heavy atom. The maximum atomic E-state index is 13.6. The van der Waals surface area contributed by atoms with Crippen molar-refractivity contribution in [1.82, 2.24) is 9.55 Å². The van der Waals surface area contributed by atoms with Crippen LogP contribution in [0.5, 0.6) is 5.75 Å². The summed E-state index contributed by atoms with van der Waals surface area (Å²) in [4.78, 5) is 15.5. The van der Waals surface area contributed by atoms with Gasteiger partial charge in [-0.05, 0) is 24.3 Å². The van der Waals surface area contributed by atoms with Gasteiger partial charge in [-0.25, -0.2) is 9.37 Å². The number of hydrogen-bond donors (Lipinski definition) is 1. The average molecular weight is 345 g/mol. The molecule has 1 aromatic heterocycles. The molecule has 0 aliphatic rings. The summed E-state index contributed by atoms with van der Waals surface area (Å²) in [5, 5.41) is 0.687. The molecule has 0 spiro atoms. The van der Waals surface area contributed by atoms with Gasteiger partial charge >= 0.3 is 0 Å². The Kier molecular flexibility index (Phi) is 5.00. The van der Waals surface area contributed by atoms with Crippen molar-refractivity contribution in [2.75, 3.05) is 12.4 Å². The Hall–Kier alpha value is -2.54. The Bertz CT molecular complexity index is 866. The van der Waals surface area contributed by atoms with Crippen LogP contribution in [0.4, 0.5) is 4.39 Å². The van der Waals surface area contributed by atoms with Gasteiger partial charge in [-0.2, -0.15) is 0 Å². The van der Waals surface area contributed by atoms with Crippen LogP contribution in [-0.2, 0) is 11.3 Å². The molecule has 2 N–H and O–H groups in total. The molecule has 1 amide bonds. The molecular weight excluding hydrogens is 329 g/mol. The van der Waals surface area contributed by atoms with E-state index in [0.29, 0.717) is 11.7 Å². The second-order valence-corrected chi connectivity index (χ2v) is 6.01. The number of aromatic nitrogens is 2. The smallest absolute Gasteiger partial charge is 0.227 e. The molecule has 0 saturated carbocycles. The average Bonchev–Trinajstić information content (AvgIpc) is 2.93. The predicted molar refractivity (Wildman–Crippen MR) is 91.5 cm³/mol. The van der Waals surface area contributed by atoms with Gasteiger partial charge in [0.25, 0.3) is 0 Å². The summed E-state index contributed by atoms with van der Waals surface area (Å²) in [6.45, 7) is 0.765. The molecule has 124 valence electrons. The molecule has 0 aliphatic heterocycles. The van der Waals surface area contributed by atoms with Crippen LogP contribution in [0.1, 0.15) is 0 Å². The fraction of sp³-hybridized carbons (Fsp3) is 0.176. The largest absolute Gasteiger partial charge is 0.489 e. The van der Waals surface area contributed by atoms with Crippen molar-refractivity contribution in [3.8, 4) is 5.75 Å². The van der Waals surface area contributed by atoms with E-state index in [0.717, 1.165) is 11.0 Å². The first-order valence-corrected chi connectivity index (χ1v) is 8.37. The Balaban J connectivity index is 1.78. The Morgan fingerprint density at radius 1 is 1.21 bits per heavy atom. The van der Waals surface area contributed by atoms with Crippen molar-refractivity contribution >= 4 is 28.7 Å². The van der Waals surface area contributed by atoms with Gasteiger partial charge < -0.3 is 15.0 Å². The third-order valence-electron chi connectivity index (χ3n) is 3.37. The zero-order valence-corrected chi connectivity index (χ0v) is 13.6. The van der Waals surface area contributed by atoms with Crippen LogP contribution in [0.15, 0.2) is 53.7 Å². The summed E-state index contributed by atoms with van der Waals surface area (Å²) >= 11 is 1.28. The lowest BCUT2D eigenvalue weighted by atomic mass is 10.3. The summed E-state index contributed by atoms with van der Waals surface area (Å²) in [5.74, 6) is -0.428. The van der Waals surface area contributed by atoms with Crippen LogP contribution in [0.3, 0.4) is 0 Å². The number of fused-ring (bicyclic) bond motifs is 1. The van der Waals surface area contributed by atoms with Crippen LogP contribution >= 0.6 is 11.8 Å². The van der Waals surface area contributed by atoms with Gasteiger partial charge in [-0.1, -0.05) is 36.0 Å². The summed E-state index contributed by atoms with van der Waals surface area (Å²) < 4.78 is 21.1. The van der Waals surface area contributed by atoms with E-state index in [1.807, 2.05) is 28.8 Å². The number of imidazole rings is 1. The summed E-state index contributed by atoms with van der Waals surface area (Å²) in [5.41, 5.74) is 6.98. The van der Waals surface area contributed by atoms with Crippen molar-refractivity contribution < 1.29 is 13.9 Å². The van der Waals surface area contributed by atoms with E-state index in [4.69, 9.17) is 10.5 Å². The van der Waals surface area contributed by atoms with Gasteiger partial charge in [0.15, 0.2) is 16.7 Å². The summed E-state index contributed by atoms with van der Waals surface area (Å²) in [7, 11) is 0. The van der Waals surface area contributed by atoms with Crippen LogP contribution in [0, 0.1) is 5.82 Å². The van der Waals surface area contributed by atoms with Gasteiger partial charge in [-0.3, -0.25) is 4.79 Å². The molecule has 1 heterocycles.